The van der Waals surface area contributed by atoms with Crippen molar-refractivity contribution in [3.05, 3.63) is 156 Å². The maximum atomic E-state index is 9.73. The summed E-state index contributed by atoms with van der Waals surface area (Å²) >= 11 is 0. The van der Waals surface area contributed by atoms with Gasteiger partial charge in [-0.3, -0.25) is 4.57 Å². The van der Waals surface area contributed by atoms with E-state index in [1.807, 2.05) is 42.6 Å². The zero-order chi connectivity index (χ0) is 33.2. The topological polar surface area (TPSA) is 24.3 Å². The van der Waals surface area contributed by atoms with Crippen LogP contribution in [-0.2, 0) is 11.8 Å². The summed E-state index contributed by atoms with van der Waals surface area (Å²) in [5.74, 6) is 0.826. The van der Waals surface area contributed by atoms with Gasteiger partial charge in [-0.1, -0.05) is 87.5 Å². The van der Waals surface area contributed by atoms with Gasteiger partial charge in [0.05, 0.1) is 22.4 Å². The van der Waals surface area contributed by atoms with Gasteiger partial charge in [0.1, 0.15) is 12.5 Å². The lowest BCUT2D eigenvalue weighted by molar-refractivity contribution is 0.589. The van der Waals surface area contributed by atoms with Crippen LogP contribution in [0, 0.1) is 6.92 Å². The monoisotopic (exact) mass is 600 g/mol. The highest BCUT2D eigenvalue weighted by Gasteiger charge is 2.29. The van der Waals surface area contributed by atoms with E-state index < -0.39 is 6.37 Å². The summed E-state index contributed by atoms with van der Waals surface area (Å²) in [5.41, 5.74) is 9.61. The second-order valence-corrected chi connectivity index (χ2v) is 13.2. The van der Waals surface area contributed by atoms with Crippen molar-refractivity contribution in [1.29, 1.82) is 0 Å². The summed E-state index contributed by atoms with van der Waals surface area (Å²) in [7, 11) is 0. The van der Waals surface area contributed by atoms with E-state index >= 15 is 0 Å². The Bertz CT molecular complexity index is 2320. The second kappa shape index (κ2) is 10.9. The molecule has 0 radical (unpaired) electrons. The molecule has 0 spiro atoms. The van der Waals surface area contributed by atoms with Crippen LogP contribution < -0.4 is 9.80 Å². The molecule has 8 rings (SSSR count). The number of anilines is 4. The Hall–Kier alpha value is -5.35. The maximum absolute atomic E-state index is 9.73. The van der Waals surface area contributed by atoms with Gasteiger partial charge in [0.25, 0.3) is 0 Å². The lowest BCUT2D eigenvalue weighted by Crippen LogP contribution is -2.24. The van der Waals surface area contributed by atoms with Gasteiger partial charge < -0.3 is 9.80 Å². The quantitative estimate of drug-likeness (QED) is 0.196. The van der Waals surface area contributed by atoms with Crippen molar-refractivity contribution in [2.45, 2.75) is 39.5 Å². The highest BCUT2D eigenvalue weighted by atomic mass is 15.4. The van der Waals surface area contributed by atoms with Gasteiger partial charge in [-0.2, -0.15) is 0 Å². The average molecular weight is 601 g/mol. The largest absolute Gasteiger partial charge is 0.321 e. The molecule has 4 heteroatoms. The number of para-hydroxylation sites is 4. The van der Waals surface area contributed by atoms with Crippen molar-refractivity contribution in [1.82, 2.24) is 9.55 Å². The van der Waals surface area contributed by atoms with Crippen molar-refractivity contribution >= 4 is 44.6 Å². The fourth-order valence-electron chi connectivity index (χ4n) is 6.64. The Kier molecular flexibility index (Phi) is 6.15. The van der Waals surface area contributed by atoms with Crippen molar-refractivity contribution in [3.63, 3.8) is 0 Å². The van der Waals surface area contributed by atoms with E-state index in [4.69, 9.17) is 4.98 Å². The zero-order valence-electron chi connectivity index (χ0n) is 28.7. The fourth-order valence-corrected chi connectivity index (χ4v) is 6.64. The highest BCUT2D eigenvalue weighted by Crippen LogP contribution is 2.45. The van der Waals surface area contributed by atoms with Crippen LogP contribution in [0.15, 0.2) is 134 Å². The first-order valence-corrected chi connectivity index (χ1v) is 15.9. The fraction of sp³-hybridized carbons (Fsp3) is 0.167. The first kappa shape index (κ1) is 25.9. The van der Waals surface area contributed by atoms with Crippen molar-refractivity contribution in [3.8, 4) is 5.82 Å². The molecule has 3 heterocycles. The van der Waals surface area contributed by atoms with E-state index in [0.29, 0.717) is 17.8 Å². The number of nitrogens with zero attached hydrogens (tertiary/aromatic N) is 4. The van der Waals surface area contributed by atoms with E-state index in [2.05, 4.69) is 133 Å². The molecule has 0 aliphatic carbocycles. The molecular weight excluding hydrogens is 560 g/mol. The summed E-state index contributed by atoms with van der Waals surface area (Å²) < 4.78 is 21.6. The maximum Gasteiger partial charge on any atom is 0.137 e. The Morgan fingerprint density at radius 1 is 0.652 bits per heavy atom. The minimum absolute atomic E-state index is 0.188. The number of fused-ring (bicyclic) bond motifs is 4. The predicted molar refractivity (Wildman–Crippen MR) is 193 cm³/mol. The van der Waals surface area contributed by atoms with Crippen LogP contribution in [0.4, 0.5) is 22.7 Å². The number of hydrogen-bond acceptors (Lipinski definition) is 3. The minimum Gasteiger partial charge on any atom is -0.321 e. The van der Waals surface area contributed by atoms with Crippen molar-refractivity contribution < 1.29 is 2.74 Å². The van der Waals surface area contributed by atoms with Gasteiger partial charge in [-0.05, 0) is 102 Å². The van der Waals surface area contributed by atoms with Gasteiger partial charge in [0.2, 0.25) is 0 Å². The normalized spacial score (nSPS) is 14.1. The van der Waals surface area contributed by atoms with Crippen LogP contribution in [0.1, 0.15) is 45.8 Å². The SMILES string of the molecule is [2H]C([2H])(c1cc(N2CN(c3ccccc3)c3ccccc32)cc(C(C)(C)C)c1)c1ccc2c3ccccc3n(-c3cc(C)ccn3)c2c1. The number of pyridine rings is 1. The van der Waals surface area contributed by atoms with Gasteiger partial charge in [0, 0.05) is 31.1 Å². The molecule has 0 fully saturated rings. The Morgan fingerprint density at radius 2 is 1.35 bits per heavy atom. The first-order valence-electron chi connectivity index (χ1n) is 16.9. The van der Waals surface area contributed by atoms with Gasteiger partial charge in [-0.25, -0.2) is 4.98 Å². The Morgan fingerprint density at radius 3 is 2.11 bits per heavy atom. The summed E-state index contributed by atoms with van der Waals surface area (Å²) in [4.78, 5) is 9.36. The number of benzene rings is 5. The second-order valence-electron chi connectivity index (χ2n) is 13.2. The van der Waals surface area contributed by atoms with E-state index in [0.717, 1.165) is 61.5 Å². The molecule has 0 saturated carbocycles. The average Bonchev–Trinajstić information content (AvgIpc) is 3.64. The number of hydrogen-bond donors (Lipinski definition) is 0. The van der Waals surface area contributed by atoms with Gasteiger partial charge >= 0.3 is 0 Å². The molecular formula is C42H38N4. The summed E-state index contributed by atoms with van der Waals surface area (Å²) in [6, 6.07) is 43.7. The molecule has 0 bridgehead atoms. The summed E-state index contributed by atoms with van der Waals surface area (Å²) in [6.07, 6.45) is 0.0627. The first-order chi connectivity index (χ1) is 23.1. The Labute approximate surface area is 274 Å². The molecule has 2 aromatic heterocycles. The molecule has 1 aliphatic heterocycles. The Balaban J connectivity index is 1.29. The van der Waals surface area contributed by atoms with Gasteiger partial charge in [-0.15, -0.1) is 0 Å². The number of aryl methyl sites for hydroxylation is 1. The number of aromatic nitrogens is 2. The lowest BCUT2D eigenvalue weighted by Gasteiger charge is -2.26. The smallest absolute Gasteiger partial charge is 0.137 e. The van der Waals surface area contributed by atoms with Crippen LogP contribution in [-0.4, -0.2) is 16.2 Å². The van der Waals surface area contributed by atoms with Crippen LogP contribution >= 0.6 is 0 Å². The molecule has 0 unspecified atom stereocenters. The molecule has 7 aromatic rings. The third-order valence-electron chi connectivity index (χ3n) is 9.00. The van der Waals surface area contributed by atoms with E-state index in [9.17, 15) is 2.74 Å². The summed E-state index contributed by atoms with van der Waals surface area (Å²) in [6.45, 7) is 9.28. The highest BCUT2D eigenvalue weighted by molar-refractivity contribution is 6.09. The molecule has 226 valence electrons. The van der Waals surface area contributed by atoms with Crippen molar-refractivity contribution in [2.24, 2.45) is 0 Å². The van der Waals surface area contributed by atoms with Gasteiger partial charge in [0.15, 0.2) is 0 Å². The standard InChI is InChI=1S/C42H38N4/c1-29-20-21-43-41(22-29)46-37-15-9-8-14-35(37)36-19-18-30(26-40(36)46)23-31-24-32(42(2,3)4)27-34(25-31)45-28-44(33-12-6-5-7-13-33)38-16-10-11-17-39(38)45/h5-22,24-27H,23,28H2,1-4H3/i23D2. The predicted octanol–water partition coefficient (Wildman–Crippen LogP) is 10.6. The lowest BCUT2D eigenvalue weighted by atomic mass is 9.85. The molecule has 0 atom stereocenters. The molecule has 0 N–H and O–H groups in total. The number of rotatable bonds is 5. The molecule has 46 heavy (non-hydrogen) atoms. The van der Waals surface area contributed by atoms with E-state index in [1.165, 1.54) is 0 Å². The third-order valence-corrected chi connectivity index (χ3v) is 9.00. The van der Waals surface area contributed by atoms with Crippen LogP contribution in [0.25, 0.3) is 27.6 Å². The third kappa shape index (κ3) is 4.91. The van der Waals surface area contributed by atoms with E-state index in [1.54, 1.807) is 0 Å². The molecule has 5 aromatic carbocycles. The molecule has 0 amide bonds. The van der Waals surface area contributed by atoms with Crippen LogP contribution in [0.5, 0.6) is 0 Å². The zero-order valence-corrected chi connectivity index (χ0v) is 26.7. The minimum atomic E-state index is -1.77. The van der Waals surface area contributed by atoms with Crippen LogP contribution in [0.3, 0.4) is 0 Å². The van der Waals surface area contributed by atoms with Crippen molar-refractivity contribution in [2.75, 3.05) is 16.5 Å². The van der Waals surface area contributed by atoms with Crippen LogP contribution in [0.2, 0.25) is 0 Å². The molecule has 0 saturated heterocycles. The summed E-state index contributed by atoms with van der Waals surface area (Å²) in [5, 5.41) is 2.20. The molecule has 1 aliphatic rings. The molecule has 4 nitrogen and oxygen atoms in total. The van der Waals surface area contributed by atoms with E-state index in [-0.39, 0.29) is 5.41 Å².